The minimum absolute atomic E-state index is 0.00327. The van der Waals surface area contributed by atoms with Crippen LogP contribution >= 0.6 is 0 Å². The number of rotatable bonds is 21. The largest absolute Gasteiger partial charge is 0.481 e. The van der Waals surface area contributed by atoms with Gasteiger partial charge in [-0.15, -0.1) is 0 Å². The van der Waals surface area contributed by atoms with Gasteiger partial charge < -0.3 is 41.0 Å². The van der Waals surface area contributed by atoms with Gasteiger partial charge in [0, 0.05) is 24.9 Å². The van der Waals surface area contributed by atoms with Crippen LogP contribution in [0.4, 0.5) is 0 Å². The smallest absolute Gasteiger partial charge is 0.305 e. The highest BCUT2D eigenvalue weighted by molar-refractivity contribution is 5.96. The Morgan fingerprint density at radius 2 is 1.31 bits per heavy atom. The molecule has 0 fully saturated rings. The third kappa shape index (κ3) is 18.0. The Hall–Kier alpha value is -3.95. The predicted octanol–water partition coefficient (Wildman–Crippen LogP) is -1.08. The van der Waals surface area contributed by atoms with Crippen LogP contribution in [0.2, 0.25) is 0 Å². The Morgan fingerprint density at radius 1 is 0.795 bits per heavy atom. The van der Waals surface area contributed by atoms with Crippen LogP contribution in [0.3, 0.4) is 0 Å². The minimum Gasteiger partial charge on any atom is -0.481 e. The third-order valence-electron chi connectivity index (χ3n) is 4.74. The van der Waals surface area contributed by atoms with Crippen molar-refractivity contribution in [2.45, 2.75) is 58.2 Å². The van der Waals surface area contributed by atoms with E-state index in [2.05, 4.69) is 31.3 Å². The van der Waals surface area contributed by atoms with E-state index in [1.807, 2.05) is 0 Å². The molecule has 17 nitrogen and oxygen atoms in total. The first-order valence-electron chi connectivity index (χ1n) is 12.1. The fourth-order valence-electron chi connectivity index (χ4n) is 3.10. The molecule has 0 rings (SSSR count). The highest BCUT2D eigenvalue weighted by atomic mass is 16.5. The van der Waals surface area contributed by atoms with Crippen LogP contribution < -0.4 is 21.3 Å². The maximum atomic E-state index is 13.0. The number of carboxylic acid groups (broad SMARTS) is 2. The lowest BCUT2D eigenvalue weighted by atomic mass is 10.0. The van der Waals surface area contributed by atoms with Gasteiger partial charge in [0.25, 0.3) is 0 Å². The number of hydrogen-bond acceptors (Lipinski definition) is 9. The lowest BCUT2D eigenvalue weighted by molar-refractivity contribution is -0.141. The molecule has 39 heavy (non-hydrogen) atoms. The van der Waals surface area contributed by atoms with Crippen molar-refractivity contribution in [1.82, 2.24) is 21.3 Å². The maximum Gasteiger partial charge on any atom is 0.305 e. The number of aliphatic carboxylic acids is 2. The highest BCUT2D eigenvalue weighted by Crippen LogP contribution is 2.07. The van der Waals surface area contributed by atoms with Crippen molar-refractivity contribution in [2.24, 2.45) is 11.0 Å². The average molecular weight is 560 g/mol. The van der Waals surface area contributed by atoms with Gasteiger partial charge in [-0.25, -0.2) is 0 Å². The van der Waals surface area contributed by atoms with Gasteiger partial charge in [0.1, 0.15) is 18.1 Å². The zero-order valence-electron chi connectivity index (χ0n) is 22.2. The summed E-state index contributed by atoms with van der Waals surface area (Å²) in [7, 11) is 0. The number of amides is 4. The van der Waals surface area contributed by atoms with Crippen molar-refractivity contribution >= 4 is 35.6 Å². The number of nitrogens with zero attached hydrogens (tertiary/aromatic N) is 3. The van der Waals surface area contributed by atoms with Crippen molar-refractivity contribution in [3.8, 4) is 0 Å². The normalized spacial score (nSPS) is 12.8. The van der Waals surface area contributed by atoms with Crippen LogP contribution in [0, 0.1) is 5.92 Å². The van der Waals surface area contributed by atoms with Gasteiger partial charge in [-0.3, -0.25) is 28.8 Å². The molecule has 0 aromatic carbocycles. The lowest BCUT2D eigenvalue weighted by Gasteiger charge is -2.25. The molecule has 0 saturated heterocycles. The van der Waals surface area contributed by atoms with Gasteiger partial charge in [-0.2, -0.15) is 0 Å². The summed E-state index contributed by atoms with van der Waals surface area (Å²) in [6, 6.07) is -4.17. The Morgan fingerprint density at radius 3 is 1.82 bits per heavy atom. The Balaban J connectivity index is 5.08. The maximum absolute atomic E-state index is 13.0. The predicted molar refractivity (Wildman–Crippen MR) is 134 cm³/mol. The molecule has 0 aliphatic heterocycles. The number of nitrogens with one attached hydrogen (secondary N) is 4. The van der Waals surface area contributed by atoms with E-state index >= 15 is 0 Å². The van der Waals surface area contributed by atoms with Gasteiger partial charge in [0.2, 0.25) is 23.6 Å². The zero-order valence-corrected chi connectivity index (χ0v) is 22.2. The number of carboxylic acids is 2. The summed E-state index contributed by atoms with van der Waals surface area (Å²) in [6.07, 6.45) is -1.39. The molecule has 0 saturated carbocycles. The molecule has 0 aromatic rings. The zero-order chi connectivity index (χ0) is 29.8. The highest BCUT2D eigenvalue weighted by Gasteiger charge is 2.31. The van der Waals surface area contributed by atoms with E-state index in [9.17, 15) is 33.9 Å². The molecule has 6 N–H and O–H groups in total. The van der Waals surface area contributed by atoms with E-state index in [4.69, 9.17) is 20.1 Å². The van der Waals surface area contributed by atoms with Crippen molar-refractivity contribution < 1.29 is 48.5 Å². The molecule has 0 bridgehead atoms. The van der Waals surface area contributed by atoms with Crippen LogP contribution in [0.25, 0.3) is 10.4 Å². The molecule has 4 amide bonds. The Kier molecular flexibility index (Phi) is 18.0. The molecule has 0 spiro atoms. The van der Waals surface area contributed by atoms with Crippen LogP contribution in [0.15, 0.2) is 5.11 Å². The monoisotopic (exact) mass is 559 g/mol. The molecule has 0 aromatic heterocycles. The van der Waals surface area contributed by atoms with Gasteiger partial charge in [-0.05, 0) is 17.9 Å². The quantitative estimate of drug-likeness (QED) is 0.0428. The summed E-state index contributed by atoms with van der Waals surface area (Å²) in [4.78, 5) is 74.5. The van der Waals surface area contributed by atoms with Crippen LogP contribution in [-0.4, -0.2) is 103 Å². The first-order chi connectivity index (χ1) is 18.4. The summed E-state index contributed by atoms with van der Waals surface area (Å²) >= 11 is 0. The third-order valence-corrected chi connectivity index (χ3v) is 4.74. The van der Waals surface area contributed by atoms with Gasteiger partial charge >= 0.3 is 11.9 Å². The molecular formula is C22H37N7O10. The van der Waals surface area contributed by atoms with Crippen molar-refractivity contribution in [3.05, 3.63) is 10.4 Å². The molecule has 0 aliphatic carbocycles. The average Bonchev–Trinajstić information content (AvgIpc) is 2.82. The van der Waals surface area contributed by atoms with E-state index in [-0.39, 0.29) is 51.9 Å². The molecule has 0 aliphatic rings. The molecule has 0 unspecified atom stereocenters. The van der Waals surface area contributed by atoms with Crippen molar-refractivity contribution in [2.75, 3.05) is 39.5 Å². The molecule has 0 radical (unpaired) electrons. The number of azide groups is 1. The molecule has 220 valence electrons. The van der Waals surface area contributed by atoms with Gasteiger partial charge in [0.05, 0.1) is 39.3 Å². The topological polar surface area (TPSA) is 258 Å². The van der Waals surface area contributed by atoms with E-state index in [0.29, 0.717) is 0 Å². The number of carbonyl (C=O) groups is 6. The summed E-state index contributed by atoms with van der Waals surface area (Å²) < 4.78 is 10.4. The lowest BCUT2D eigenvalue weighted by Crippen LogP contribution is -2.57. The number of carbonyl (C=O) groups excluding carboxylic acids is 4. The van der Waals surface area contributed by atoms with Crippen LogP contribution in [0.1, 0.15) is 40.0 Å². The molecule has 0 heterocycles. The van der Waals surface area contributed by atoms with E-state index in [1.54, 1.807) is 13.8 Å². The fourth-order valence-corrected chi connectivity index (χ4v) is 3.10. The SMILES string of the molecule is CC(=O)N[C@@H](CC(=O)O)C(=O)N[C@@H](CC(C)C)C(=O)N[C@@H](CC(=O)O)C(=O)NCCOCCOCCN=[N+]=[N-]. The molecular weight excluding hydrogens is 522 g/mol. The van der Waals surface area contributed by atoms with Gasteiger partial charge in [-0.1, -0.05) is 19.0 Å². The summed E-state index contributed by atoms with van der Waals surface area (Å²) in [5, 5.41) is 30.9. The molecule has 3 atom stereocenters. The van der Waals surface area contributed by atoms with E-state index in [1.165, 1.54) is 0 Å². The van der Waals surface area contributed by atoms with Crippen molar-refractivity contribution in [1.29, 1.82) is 0 Å². The molecule has 17 heteroatoms. The second-order valence-corrected chi connectivity index (χ2v) is 8.67. The van der Waals surface area contributed by atoms with Crippen LogP contribution in [0.5, 0.6) is 0 Å². The number of ether oxygens (including phenoxy) is 2. The second-order valence-electron chi connectivity index (χ2n) is 8.67. The van der Waals surface area contributed by atoms with E-state index < -0.39 is 66.5 Å². The summed E-state index contributed by atoms with van der Waals surface area (Å²) in [6.45, 7) is 5.51. The van der Waals surface area contributed by atoms with Crippen LogP contribution in [-0.2, 0) is 38.2 Å². The fraction of sp³-hybridized carbons (Fsp3) is 0.727. The first kappa shape index (κ1) is 35.0. The summed E-state index contributed by atoms with van der Waals surface area (Å²) in [5.41, 5.74) is 8.16. The Labute approximate surface area is 225 Å². The van der Waals surface area contributed by atoms with Crippen molar-refractivity contribution in [3.63, 3.8) is 0 Å². The number of hydrogen-bond donors (Lipinski definition) is 6. The van der Waals surface area contributed by atoms with Gasteiger partial charge in [0.15, 0.2) is 0 Å². The minimum atomic E-state index is -1.48. The second kappa shape index (κ2) is 20.1. The first-order valence-corrected chi connectivity index (χ1v) is 12.1. The van der Waals surface area contributed by atoms with E-state index in [0.717, 1.165) is 6.92 Å². The Bertz CT molecular complexity index is 876. The summed E-state index contributed by atoms with van der Waals surface area (Å²) in [5.74, 6) is -6.07. The standard InChI is InChI=1S/C22H37N7O10/c1-13(2)10-15(27-22(37)17(12-19(33)34)26-14(3)30)21(36)28-16(11-18(31)32)20(35)24-4-6-38-8-9-39-7-5-25-29-23/h13,15-17H,4-12H2,1-3H3,(H,24,35)(H,26,30)(H,27,37)(H,28,36)(H,31,32)(H,33,34)/t15-,16-,17-/m0/s1.